The molecule has 152 valence electrons. The highest BCUT2D eigenvalue weighted by atomic mass is 16.5. The van der Waals surface area contributed by atoms with Gasteiger partial charge in [-0.05, 0) is 49.4 Å². The standard InChI is InChI=1S/C21H29N3O4/c1-15(20(22-2)23-26)24(3)21(25)18-7-5-16(6-8-18)17-9-11-19(12-10-17)28-14-13-27-4/h5-12,15,20,22-23,26H,13-14H2,1-4H3. The van der Waals surface area contributed by atoms with Crippen molar-refractivity contribution in [3.63, 3.8) is 0 Å². The molecule has 0 bridgehead atoms. The van der Waals surface area contributed by atoms with Crippen LogP contribution in [0.5, 0.6) is 5.75 Å². The highest BCUT2D eigenvalue weighted by Gasteiger charge is 2.23. The number of ether oxygens (including phenoxy) is 2. The Hall–Kier alpha value is -2.45. The maximum absolute atomic E-state index is 12.7. The van der Waals surface area contributed by atoms with Crippen molar-refractivity contribution in [2.45, 2.75) is 19.1 Å². The summed E-state index contributed by atoms with van der Waals surface area (Å²) < 4.78 is 10.5. The van der Waals surface area contributed by atoms with Gasteiger partial charge in [-0.25, -0.2) is 0 Å². The van der Waals surface area contributed by atoms with Crippen LogP contribution in [0.15, 0.2) is 48.5 Å². The van der Waals surface area contributed by atoms with E-state index >= 15 is 0 Å². The molecule has 0 aliphatic heterocycles. The molecule has 1 amide bonds. The van der Waals surface area contributed by atoms with Gasteiger partial charge in [0.2, 0.25) is 0 Å². The Morgan fingerprint density at radius 1 is 1.07 bits per heavy atom. The fourth-order valence-corrected chi connectivity index (χ4v) is 2.82. The molecule has 2 aromatic rings. The predicted molar refractivity (Wildman–Crippen MR) is 109 cm³/mol. The number of carbonyl (C=O) groups is 1. The SMILES string of the molecule is CNC(NO)C(C)N(C)C(=O)c1ccc(-c2ccc(OCCOC)cc2)cc1. The third kappa shape index (κ3) is 5.53. The van der Waals surface area contributed by atoms with Gasteiger partial charge >= 0.3 is 0 Å². The Morgan fingerprint density at radius 2 is 1.64 bits per heavy atom. The van der Waals surface area contributed by atoms with E-state index in [0.29, 0.717) is 18.8 Å². The summed E-state index contributed by atoms with van der Waals surface area (Å²) in [4.78, 5) is 14.3. The number of nitrogens with zero attached hydrogens (tertiary/aromatic N) is 1. The minimum absolute atomic E-state index is 0.114. The number of hydrogen-bond donors (Lipinski definition) is 3. The van der Waals surface area contributed by atoms with Gasteiger partial charge in [0.05, 0.1) is 12.6 Å². The molecular formula is C21H29N3O4. The lowest BCUT2D eigenvalue weighted by molar-refractivity contribution is 0.0493. The lowest BCUT2D eigenvalue weighted by Crippen LogP contribution is -2.54. The Kier molecular flexibility index (Phi) is 8.41. The van der Waals surface area contributed by atoms with E-state index in [1.807, 2.05) is 55.5 Å². The summed E-state index contributed by atoms with van der Waals surface area (Å²) in [5.74, 6) is 0.677. The molecule has 2 unspecified atom stereocenters. The molecule has 0 saturated carbocycles. The first kappa shape index (κ1) is 21.8. The van der Waals surface area contributed by atoms with Gasteiger partial charge in [-0.15, -0.1) is 0 Å². The van der Waals surface area contributed by atoms with Crippen LogP contribution in [0.25, 0.3) is 11.1 Å². The summed E-state index contributed by atoms with van der Waals surface area (Å²) in [7, 11) is 5.07. The molecule has 0 saturated heterocycles. The van der Waals surface area contributed by atoms with Gasteiger partial charge in [-0.3, -0.25) is 4.79 Å². The highest BCUT2D eigenvalue weighted by molar-refractivity contribution is 5.94. The molecule has 0 fully saturated rings. The normalized spacial score (nSPS) is 13.0. The summed E-state index contributed by atoms with van der Waals surface area (Å²) in [5, 5.41) is 12.1. The van der Waals surface area contributed by atoms with Crippen molar-refractivity contribution in [3.8, 4) is 16.9 Å². The zero-order valence-electron chi connectivity index (χ0n) is 16.8. The van der Waals surface area contributed by atoms with Crippen molar-refractivity contribution in [2.24, 2.45) is 0 Å². The Bertz CT molecular complexity index is 730. The van der Waals surface area contributed by atoms with E-state index in [1.165, 1.54) is 0 Å². The summed E-state index contributed by atoms with van der Waals surface area (Å²) >= 11 is 0. The van der Waals surface area contributed by atoms with Crippen molar-refractivity contribution in [3.05, 3.63) is 54.1 Å². The van der Waals surface area contributed by atoms with Crippen LogP contribution in [-0.2, 0) is 4.74 Å². The maximum atomic E-state index is 12.7. The van der Waals surface area contributed by atoms with Gasteiger partial charge < -0.3 is 24.9 Å². The summed E-state index contributed by atoms with van der Waals surface area (Å²) in [6.07, 6.45) is -0.419. The fourth-order valence-electron chi connectivity index (χ4n) is 2.82. The van der Waals surface area contributed by atoms with Gasteiger partial charge in [0, 0.05) is 19.7 Å². The number of likely N-dealkylation sites (N-methyl/N-ethyl adjacent to an activating group) is 2. The summed E-state index contributed by atoms with van der Waals surface area (Å²) in [6, 6.07) is 15.0. The van der Waals surface area contributed by atoms with Crippen molar-refractivity contribution in [1.29, 1.82) is 0 Å². The summed E-state index contributed by atoms with van der Waals surface area (Å²) in [6.45, 7) is 2.92. The molecular weight excluding hydrogens is 358 g/mol. The summed E-state index contributed by atoms with van der Waals surface area (Å²) in [5.41, 5.74) is 4.81. The molecule has 7 nitrogen and oxygen atoms in total. The van der Waals surface area contributed by atoms with Crippen molar-refractivity contribution >= 4 is 5.91 Å². The molecule has 7 heteroatoms. The first-order chi connectivity index (χ1) is 13.5. The third-order valence-corrected chi connectivity index (χ3v) is 4.74. The molecule has 2 atom stereocenters. The number of nitrogens with one attached hydrogen (secondary N) is 2. The lowest BCUT2D eigenvalue weighted by Gasteiger charge is -2.31. The first-order valence-electron chi connectivity index (χ1n) is 9.18. The van der Waals surface area contributed by atoms with Crippen LogP contribution in [0.4, 0.5) is 0 Å². The zero-order chi connectivity index (χ0) is 20.5. The second-order valence-electron chi connectivity index (χ2n) is 6.50. The van der Waals surface area contributed by atoms with Crippen LogP contribution in [-0.4, -0.2) is 62.6 Å². The maximum Gasteiger partial charge on any atom is 0.253 e. The minimum Gasteiger partial charge on any atom is -0.491 e. The van der Waals surface area contributed by atoms with Gasteiger partial charge in [0.15, 0.2) is 0 Å². The van der Waals surface area contributed by atoms with Gasteiger partial charge in [-0.1, -0.05) is 24.3 Å². The number of hydroxylamine groups is 1. The molecule has 2 aromatic carbocycles. The zero-order valence-corrected chi connectivity index (χ0v) is 16.8. The average Bonchev–Trinajstić information content (AvgIpc) is 2.74. The Labute approximate surface area is 166 Å². The molecule has 28 heavy (non-hydrogen) atoms. The van der Waals surface area contributed by atoms with Crippen LogP contribution in [0.1, 0.15) is 17.3 Å². The van der Waals surface area contributed by atoms with Crippen LogP contribution in [0, 0.1) is 0 Å². The van der Waals surface area contributed by atoms with Gasteiger partial charge in [-0.2, -0.15) is 5.48 Å². The highest BCUT2D eigenvalue weighted by Crippen LogP contribution is 2.23. The number of rotatable bonds is 10. The number of methoxy groups -OCH3 is 1. The lowest BCUT2D eigenvalue weighted by atomic mass is 10.0. The number of amides is 1. The van der Waals surface area contributed by atoms with Crippen molar-refractivity contribution < 1.29 is 19.5 Å². The second kappa shape index (κ2) is 10.8. The Balaban J connectivity index is 2.05. The van der Waals surface area contributed by atoms with E-state index in [1.54, 1.807) is 26.1 Å². The molecule has 0 spiro atoms. The van der Waals surface area contributed by atoms with Crippen LogP contribution >= 0.6 is 0 Å². The fraction of sp³-hybridized carbons (Fsp3) is 0.381. The van der Waals surface area contributed by atoms with E-state index < -0.39 is 6.17 Å². The van der Waals surface area contributed by atoms with E-state index in [-0.39, 0.29) is 11.9 Å². The quantitative estimate of drug-likeness (QED) is 0.330. The molecule has 0 heterocycles. The second-order valence-corrected chi connectivity index (χ2v) is 6.50. The molecule has 0 radical (unpaired) electrons. The minimum atomic E-state index is -0.419. The molecule has 2 rings (SSSR count). The van der Waals surface area contributed by atoms with Gasteiger partial charge in [0.1, 0.15) is 18.5 Å². The molecule has 0 aliphatic rings. The monoisotopic (exact) mass is 387 g/mol. The van der Waals surface area contributed by atoms with E-state index in [2.05, 4.69) is 10.8 Å². The smallest absolute Gasteiger partial charge is 0.253 e. The van der Waals surface area contributed by atoms with Gasteiger partial charge in [0.25, 0.3) is 5.91 Å². The molecule has 0 aromatic heterocycles. The largest absolute Gasteiger partial charge is 0.491 e. The predicted octanol–water partition coefficient (Wildman–Crippen LogP) is 2.36. The van der Waals surface area contributed by atoms with E-state index in [0.717, 1.165) is 16.9 Å². The van der Waals surface area contributed by atoms with Crippen LogP contribution in [0.2, 0.25) is 0 Å². The topological polar surface area (TPSA) is 83.1 Å². The van der Waals surface area contributed by atoms with Crippen molar-refractivity contribution in [1.82, 2.24) is 15.7 Å². The number of carbonyl (C=O) groups excluding carboxylic acids is 1. The van der Waals surface area contributed by atoms with E-state index in [9.17, 15) is 10.0 Å². The molecule has 0 aliphatic carbocycles. The number of hydrogen-bond acceptors (Lipinski definition) is 6. The van der Waals surface area contributed by atoms with Crippen LogP contribution in [0.3, 0.4) is 0 Å². The van der Waals surface area contributed by atoms with Crippen LogP contribution < -0.4 is 15.5 Å². The number of benzene rings is 2. The first-order valence-corrected chi connectivity index (χ1v) is 9.18. The average molecular weight is 387 g/mol. The van der Waals surface area contributed by atoms with E-state index in [4.69, 9.17) is 9.47 Å². The Morgan fingerprint density at radius 3 is 2.14 bits per heavy atom. The molecule has 3 N–H and O–H groups in total. The van der Waals surface area contributed by atoms with Crippen molar-refractivity contribution in [2.75, 3.05) is 34.4 Å². The third-order valence-electron chi connectivity index (χ3n) is 4.74.